The van der Waals surface area contributed by atoms with Crippen molar-refractivity contribution in [3.05, 3.63) is 60.2 Å². The summed E-state index contributed by atoms with van der Waals surface area (Å²) in [5.74, 6) is -1.83. The summed E-state index contributed by atoms with van der Waals surface area (Å²) in [6.45, 7) is 0.220. The Morgan fingerprint density at radius 1 is 1.17 bits per heavy atom. The molecule has 0 aliphatic carbocycles. The minimum absolute atomic E-state index is 0.180. The van der Waals surface area contributed by atoms with Crippen LogP contribution >= 0.6 is 0 Å². The first kappa shape index (κ1) is 17.6. The van der Waals surface area contributed by atoms with Gasteiger partial charge in [0.05, 0.1) is 17.9 Å². The lowest BCUT2D eigenvalue weighted by Crippen LogP contribution is -2.40. The molecule has 0 aliphatic heterocycles. The van der Waals surface area contributed by atoms with Crippen LogP contribution in [-0.2, 0) is 9.59 Å². The van der Waals surface area contributed by atoms with E-state index in [0.29, 0.717) is 5.69 Å². The van der Waals surface area contributed by atoms with E-state index in [4.69, 9.17) is 0 Å². The SMILES string of the molecule is CN(C)[C@@H](CNC(=O)C(=O)Nc1cccnc1)c1ccc(F)cc1. The number of carbonyl (C=O) groups is 2. The summed E-state index contributed by atoms with van der Waals surface area (Å²) in [4.78, 5) is 29.5. The van der Waals surface area contributed by atoms with E-state index in [0.717, 1.165) is 5.56 Å². The topological polar surface area (TPSA) is 74.3 Å². The summed E-state index contributed by atoms with van der Waals surface area (Å²) in [7, 11) is 3.69. The summed E-state index contributed by atoms with van der Waals surface area (Å²) in [5.41, 5.74) is 1.29. The zero-order chi connectivity index (χ0) is 17.5. The van der Waals surface area contributed by atoms with Crippen molar-refractivity contribution in [1.82, 2.24) is 15.2 Å². The number of rotatable bonds is 5. The van der Waals surface area contributed by atoms with Gasteiger partial charge in [0, 0.05) is 12.7 Å². The van der Waals surface area contributed by atoms with Crippen LogP contribution in [0.3, 0.4) is 0 Å². The lowest BCUT2D eigenvalue weighted by Gasteiger charge is -2.25. The van der Waals surface area contributed by atoms with Gasteiger partial charge in [0.15, 0.2) is 0 Å². The average Bonchev–Trinajstić information content (AvgIpc) is 2.57. The third-order valence-electron chi connectivity index (χ3n) is 3.46. The van der Waals surface area contributed by atoms with E-state index in [1.165, 1.54) is 18.3 Å². The van der Waals surface area contributed by atoms with Crippen molar-refractivity contribution in [2.75, 3.05) is 26.0 Å². The molecule has 2 aromatic rings. The van der Waals surface area contributed by atoms with E-state index < -0.39 is 11.8 Å². The Kier molecular flexibility index (Phi) is 5.97. The van der Waals surface area contributed by atoms with Gasteiger partial charge in [-0.25, -0.2) is 4.39 Å². The predicted molar refractivity (Wildman–Crippen MR) is 88.7 cm³/mol. The fourth-order valence-electron chi connectivity index (χ4n) is 2.18. The van der Waals surface area contributed by atoms with Crippen molar-refractivity contribution >= 4 is 17.5 Å². The molecule has 0 spiro atoms. The zero-order valence-electron chi connectivity index (χ0n) is 13.5. The van der Waals surface area contributed by atoms with E-state index in [9.17, 15) is 14.0 Å². The number of hydrogen-bond donors (Lipinski definition) is 2. The van der Waals surface area contributed by atoms with E-state index in [-0.39, 0.29) is 18.4 Å². The van der Waals surface area contributed by atoms with Crippen LogP contribution in [0.4, 0.5) is 10.1 Å². The number of nitrogens with one attached hydrogen (secondary N) is 2. The molecule has 1 aromatic heterocycles. The summed E-state index contributed by atoms with van der Waals surface area (Å²) in [6.07, 6.45) is 3.02. The maximum Gasteiger partial charge on any atom is 0.313 e. The van der Waals surface area contributed by atoms with Crippen molar-refractivity contribution < 1.29 is 14.0 Å². The molecule has 7 heteroatoms. The van der Waals surface area contributed by atoms with E-state index in [1.54, 1.807) is 30.5 Å². The number of nitrogens with zero attached hydrogens (tertiary/aromatic N) is 2. The highest BCUT2D eigenvalue weighted by molar-refractivity contribution is 6.39. The van der Waals surface area contributed by atoms with Gasteiger partial charge in [0.1, 0.15) is 5.82 Å². The highest BCUT2D eigenvalue weighted by atomic mass is 19.1. The summed E-state index contributed by atoms with van der Waals surface area (Å²) in [6, 6.07) is 9.15. The molecule has 0 saturated carbocycles. The van der Waals surface area contributed by atoms with E-state index in [1.807, 2.05) is 19.0 Å². The number of halogens is 1. The maximum atomic E-state index is 13.0. The van der Waals surface area contributed by atoms with Gasteiger partial charge in [-0.2, -0.15) is 0 Å². The van der Waals surface area contributed by atoms with Crippen LogP contribution in [0.15, 0.2) is 48.8 Å². The Balaban J connectivity index is 1.95. The summed E-state index contributed by atoms with van der Waals surface area (Å²) >= 11 is 0. The molecule has 1 heterocycles. The molecule has 24 heavy (non-hydrogen) atoms. The Morgan fingerprint density at radius 3 is 2.46 bits per heavy atom. The van der Waals surface area contributed by atoms with Gasteiger partial charge in [-0.1, -0.05) is 12.1 Å². The van der Waals surface area contributed by atoms with Crippen LogP contribution in [0.2, 0.25) is 0 Å². The molecular weight excluding hydrogens is 311 g/mol. The maximum absolute atomic E-state index is 13.0. The second-order valence-electron chi connectivity index (χ2n) is 5.44. The second-order valence-corrected chi connectivity index (χ2v) is 5.44. The first-order chi connectivity index (χ1) is 11.5. The van der Waals surface area contributed by atoms with Gasteiger partial charge in [-0.05, 0) is 43.9 Å². The fourth-order valence-corrected chi connectivity index (χ4v) is 2.18. The minimum Gasteiger partial charge on any atom is -0.346 e. The molecular formula is C17H19FN4O2. The van der Waals surface area contributed by atoms with Crippen LogP contribution in [0.25, 0.3) is 0 Å². The number of amides is 2. The molecule has 0 unspecified atom stereocenters. The lowest BCUT2D eigenvalue weighted by molar-refractivity contribution is -0.136. The van der Waals surface area contributed by atoms with Gasteiger partial charge in [0.25, 0.3) is 0 Å². The van der Waals surface area contributed by atoms with Gasteiger partial charge in [-0.15, -0.1) is 0 Å². The van der Waals surface area contributed by atoms with Gasteiger partial charge in [0.2, 0.25) is 0 Å². The lowest BCUT2D eigenvalue weighted by atomic mass is 10.1. The number of hydrogen-bond acceptors (Lipinski definition) is 4. The van der Waals surface area contributed by atoms with Crippen molar-refractivity contribution in [1.29, 1.82) is 0 Å². The first-order valence-corrected chi connectivity index (χ1v) is 7.38. The monoisotopic (exact) mass is 330 g/mol. The molecule has 2 amide bonds. The van der Waals surface area contributed by atoms with Crippen LogP contribution < -0.4 is 10.6 Å². The third kappa shape index (κ3) is 4.85. The third-order valence-corrected chi connectivity index (χ3v) is 3.46. The smallest absolute Gasteiger partial charge is 0.313 e. The first-order valence-electron chi connectivity index (χ1n) is 7.38. The fraction of sp³-hybridized carbons (Fsp3) is 0.235. The summed E-state index contributed by atoms with van der Waals surface area (Å²) in [5, 5.41) is 5.06. The highest BCUT2D eigenvalue weighted by Crippen LogP contribution is 2.17. The van der Waals surface area contributed by atoms with E-state index in [2.05, 4.69) is 15.6 Å². The number of aromatic nitrogens is 1. The van der Waals surface area contributed by atoms with E-state index >= 15 is 0 Å². The largest absolute Gasteiger partial charge is 0.346 e. The molecule has 1 atom stereocenters. The molecule has 6 nitrogen and oxygen atoms in total. The van der Waals surface area contributed by atoms with Crippen LogP contribution in [0.1, 0.15) is 11.6 Å². The molecule has 0 saturated heterocycles. The van der Waals surface area contributed by atoms with Crippen LogP contribution in [0.5, 0.6) is 0 Å². The van der Waals surface area contributed by atoms with Crippen molar-refractivity contribution in [2.45, 2.75) is 6.04 Å². The Bertz CT molecular complexity index is 689. The van der Waals surface area contributed by atoms with Gasteiger partial charge < -0.3 is 15.5 Å². The van der Waals surface area contributed by atoms with Crippen molar-refractivity contribution in [3.8, 4) is 0 Å². The molecule has 0 aliphatic rings. The van der Waals surface area contributed by atoms with Crippen molar-refractivity contribution in [2.24, 2.45) is 0 Å². The molecule has 0 bridgehead atoms. The number of anilines is 1. The standard InChI is InChI=1S/C17H19FN4O2/c1-22(2)15(12-5-7-13(18)8-6-12)11-20-16(23)17(24)21-14-4-3-9-19-10-14/h3-10,15H,11H2,1-2H3,(H,20,23)(H,21,24)/t15-/m0/s1. The molecule has 1 aromatic carbocycles. The normalized spacial score (nSPS) is 11.8. The molecule has 2 rings (SSSR count). The average molecular weight is 330 g/mol. The molecule has 0 fully saturated rings. The van der Waals surface area contributed by atoms with Crippen LogP contribution in [-0.4, -0.2) is 42.3 Å². The van der Waals surface area contributed by atoms with Gasteiger partial charge >= 0.3 is 11.8 Å². The number of carbonyl (C=O) groups excluding carboxylic acids is 2. The quantitative estimate of drug-likeness (QED) is 0.816. The highest BCUT2D eigenvalue weighted by Gasteiger charge is 2.19. The Morgan fingerprint density at radius 2 is 1.88 bits per heavy atom. The number of likely N-dealkylation sites (N-methyl/N-ethyl adjacent to an activating group) is 1. The molecule has 2 N–H and O–H groups in total. The number of benzene rings is 1. The molecule has 0 radical (unpaired) electrons. The van der Waals surface area contributed by atoms with Crippen molar-refractivity contribution in [3.63, 3.8) is 0 Å². The second kappa shape index (κ2) is 8.16. The summed E-state index contributed by atoms with van der Waals surface area (Å²) < 4.78 is 13.0. The Hall–Kier alpha value is -2.80. The van der Waals surface area contributed by atoms with Crippen LogP contribution in [0, 0.1) is 5.82 Å². The number of pyridine rings is 1. The Labute approximate surface area is 139 Å². The molecule has 126 valence electrons. The van der Waals surface area contributed by atoms with Gasteiger partial charge in [-0.3, -0.25) is 14.6 Å². The predicted octanol–water partition coefficient (Wildman–Crippen LogP) is 1.58. The minimum atomic E-state index is -0.764. The zero-order valence-corrected chi connectivity index (χ0v) is 13.5.